The normalized spacial score (nSPS) is 11.3. The molecule has 0 saturated carbocycles. The Labute approximate surface area is 201 Å². The van der Waals surface area contributed by atoms with Gasteiger partial charge in [0.2, 0.25) is 0 Å². The molecular formula is C29H24O6. The van der Waals surface area contributed by atoms with Crippen LogP contribution in [-0.2, 0) is 17.6 Å². The van der Waals surface area contributed by atoms with E-state index in [9.17, 15) is 14.7 Å². The first kappa shape index (κ1) is 22.5. The lowest BCUT2D eigenvalue weighted by Gasteiger charge is -2.10. The molecule has 0 aliphatic heterocycles. The molecule has 2 heterocycles. The first-order valence-corrected chi connectivity index (χ1v) is 11.3. The van der Waals surface area contributed by atoms with E-state index < -0.39 is 5.97 Å². The number of hydrogen-bond donors (Lipinski definition) is 1. The van der Waals surface area contributed by atoms with Crippen LogP contribution < -0.4 is 10.4 Å². The molecule has 0 spiro atoms. The van der Waals surface area contributed by atoms with E-state index in [1.807, 2.05) is 56.3 Å². The Morgan fingerprint density at radius 2 is 1.66 bits per heavy atom. The van der Waals surface area contributed by atoms with Crippen molar-refractivity contribution in [3.8, 4) is 17.1 Å². The van der Waals surface area contributed by atoms with Crippen LogP contribution in [0.4, 0.5) is 0 Å². The van der Waals surface area contributed by atoms with Crippen LogP contribution in [0.1, 0.15) is 27.8 Å². The molecule has 0 aliphatic carbocycles. The predicted octanol–water partition coefficient (Wildman–Crippen LogP) is 6.05. The molecule has 0 saturated heterocycles. The summed E-state index contributed by atoms with van der Waals surface area (Å²) in [5.74, 6) is 0.216. The third-order valence-corrected chi connectivity index (χ3v) is 6.40. The van der Waals surface area contributed by atoms with E-state index >= 15 is 0 Å². The van der Waals surface area contributed by atoms with Gasteiger partial charge in [-0.15, -0.1) is 0 Å². The van der Waals surface area contributed by atoms with E-state index in [1.54, 1.807) is 25.3 Å². The van der Waals surface area contributed by atoms with Gasteiger partial charge in [0, 0.05) is 28.5 Å². The highest BCUT2D eigenvalue weighted by Crippen LogP contribution is 2.41. The van der Waals surface area contributed by atoms with Crippen molar-refractivity contribution in [3.05, 3.63) is 98.9 Å². The maximum absolute atomic E-state index is 12.9. The summed E-state index contributed by atoms with van der Waals surface area (Å²) in [5.41, 5.74) is 4.99. The number of hydrogen-bond acceptors (Lipinski definition) is 5. The van der Waals surface area contributed by atoms with E-state index in [0.29, 0.717) is 45.6 Å². The molecule has 0 fully saturated rings. The Kier molecular flexibility index (Phi) is 5.65. The second kappa shape index (κ2) is 8.80. The lowest BCUT2D eigenvalue weighted by Crippen LogP contribution is -2.11. The minimum absolute atomic E-state index is 0.201. The molecule has 0 amide bonds. The van der Waals surface area contributed by atoms with Crippen LogP contribution in [0.5, 0.6) is 5.75 Å². The Morgan fingerprint density at radius 1 is 0.943 bits per heavy atom. The van der Waals surface area contributed by atoms with E-state index in [-0.39, 0.29) is 12.0 Å². The average molecular weight is 469 g/mol. The van der Waals surface area contributed by atoms with Crippen LogP contribution in [0.15, 0.2) is 74.3 Å². The summed E-state index contributed by atoms with van der Waals surface area (Å²) in [6.45, 7) is 3.76. The monoisotopic (exact) mass is 468 g/mol. The molecule has 0 radical (unpaired) electrons. The highest BCUT2D eigenvalue weighted by molar-refractivity contribution is 6.09. The zero-order valence-corrected chi connectivity index (χ0v) is 19.7. The third-order valence-electron chi connectivity index (χ3n) is 6.40. The summed E-state index contributed by atoms with van der Waals surface area (Å²) >= 11 is 0. The van der Waals surface area contributed by atoms with Crippen molar-refractivity contribution in [3.63, 3.8) is 0 Å². The van der Waals surface area contributed by atoms with Crippen molar-refractivity contribution in [1.82, 2.24) is 0 Å². The summed E-state index contributed by atoms with van der Waals surface area (Å²) in [7, 11) is 1.59. The minimum atomic E-state index is -0.956. The standard InChI is InChI=1S/C29H24O6/c1-16-13-23-26(17(2)21(29(32)34-23)14-18-7-5-4-6-8-18)28-25(16)22(15-24(30)31)27(35-28)19-9-11-20(33-3)12-10-19/h4-13H,14-15H2,1-3H3,(H,30,31). The van der Waals surface area contributed by atoms with Crippen LogP contribution in [0, 0.1) is 13.8 Å². The van der Waals surface area contributed by atoms with Crippen LogP contribution >= 0.6 is 0 Å². The number of carboxylic acid groups (broad SMARTS) is 1. The van der Waals surface area contributed by atoms with Gasteiger partial charge in [-0.1, -0.05) is 30.3 Å². The molecule has 3 aromatic carbocycles. The lowest BCUT2D eigenvalue weighted by atomic mass is 9.95. The van der Waals surface area contributed by atoms with Gasteiger partial charge in [0.1, 0.15) is 22.7 Å². The summed E-state index contributed by atoms with van der Waals surface area (Å²) in [4.78, 5) is 24.7. The van der Waals surface area contributed by atoms with Crippen molar-refractivity contribution in [2.24, 2.45) is 0 Å². The summed E-state index contributed by atoms with van der Waals surface area (Å²) in [6, 6.07) is 18.8. The second-order valence-corrected chi connectivity index (χ2v) is 8.63. The topological polar surface area (TPSA) is 89.9 Å². The van der Waals surface area contributed by atoms with Crippen LogP contribution in [0.25, 0.3) is 33.3 Å². The number of furan rings is 1. The molecule has 0 aliphatic rings. The molecule has 0 bridgehead atoms. The molecule has 6 nitrogen and oxygen atoms in total. The molecule has 5 rings (SSSR count). The zero-order chi connectivity index (χ0) is 24.7. The minimum Gasteiger partial charge on any atom is -0.497 e. The molecule has 0 unspecified atom stereocenters. The number of benzene rings is 3. The SMILES string of the molecule is COc1ccc(-c2oc3c(c(C)cc4oc(=O)c(Cc5ccccc5)c(C)c43)c2CC(=O)O)cc1. The third kappa shape index (κ3) is 3.97. The van der Waals surface area contributed by atoms with E-state index in [1.165, 1.54) is 0 Å². The fourth-order valence-electron chi connectivity index (χ4n) is 4.71. The Hall–Kier alpha value is -4.32. The molecule has 0 atom stereocenters. The molecular weight excluding hydrogens is 444 g/mol. The van der Waals surface area contributed by atoms with Crippen molar-refractivity contribution in [2.75, 3.05) is 7.11 Å². The maximum atomic E-state index is 12.9. The predicted molar refractivity (Wildman–Crippen MR) is 134 cm³/mol. The highest BCUT2D eigenvalue weighted by Gasteiger charge is 2.24. The molecule has 1 N–H and O–H groups in total. The number of rotatable bonds is 6. The Balaban J connectivity index is 1.81. The maximum Gasteiger partial charge on any atom is 0.340 e. The van der Waals surface area contributed by atoms with Gasteiger partial charge in [-0.05, 0) is 60.9 Å². The smallest absolute Gasteiger partial charge is 0.340 e. The highest BCUT2D eigenvalue weighted by atomic mass is 16.5. The van der Waals surface area contributed by atoms with E-state index in [2.05, 4.69) is 0 Å². The van der Waals surface area contributed by atoms with Crippen molar-refractivity contribution in [2.45, 2.75) is 26.7 Å². The van der Waals surface area contributed by atoms with Crippen molar-refractivity contribution >= 4 is 27.9 Å². The average Bonchev–Trinajstić information content (AvgIpc) is 3.21. The summed E-state index contributed by atoms with van der Waals surface area (Å²) in [6.07, 6.45) is 0.224. The number of carboxylic acids is 1. The quantitative estimate of drug-likeness (QED) is 0.305. The fraction of sp³-hybridized carbons (Fsp3) is 0.172. The molecule has 35 heavy (non-hydrogen) atoms. The Bertz CT molecular complexity index is 1620. The van der Waals surface area contributed by atoms with Gasteiger partial charge in [-0.3, -0.25) is 4.79 Å². The number of aryl methyl sites for hydroxylation is 2. The van der Waals surface area contributed by atoms with Crippen LogP contribution in [-0.4, -0.2) is 18.2 Å². The van der Waals surface area contributed by atoms with Crippen molar-refractivity contribution < 1.29 is 23.5 Å². The van der Waals surface area contributed by atoms with Gasteiger partial charge in [-0.25, -0.2) is 4.79 Å². The molecule has 5 aromatic rings. The first-order valence-electron chi connectivity index (χ1n) is 11.3. The van der Waals surface area contributed by atoms with Gasteiger partial charge >= 0.3 is 11.6 Å². The van der Waals surface area contributed by atoms with Crippen LogP contribution in [0.2, 0.25) is 0 Å². The van der Waals surface area contributed by atoms with Crippen LogP contribution in [0.3, 0.4) is 0 Å². The number of methoxy groups -OCH3 is 1. The second-order valence-electron chi connectivity index (χ2n) is 8.63. The van der Waals surface area contributed by atoms with E-state index in [4.69, 9.17) is 13.6 Å². The number of aliphatic carboxylic acids is 1. The zero-order valence-electron chi connectivity index (χ0n) is 19.7. The summed E-state index contributed by atoms with van der Waals surface area (Å²) in [5, 5.41) is 11.1. The molecule has 176 valence electrons. The first-order chi connectivity index (χ1) is 16.9. The molecule has 6 heteroatoms. The number of carbonyl (C=O) groups is 1. The van der Waals surface area contributed by atoms with Crippen molar-refractivity contribution in [1.29, 1.82) is 0 Å². The van der Waals surface area contributed by atoms with Gasteiger partial charge in [-0.2, -0.15) is 0 Å². The van der Waals surface area contributed by atoms with E-state index in [0.717, 1.165) is 27.6 Å². The number of fused-ring (bicyclic) bond motifs is 3. The van der Waals surface area contributed by atoms with Gasteiger partial charge < -0.3 is 18.7 Å². The lowest BCUT2D eigenvalue weighted by molar-refractivity contribution is -0.136. The number of ether oxygens (including phenoxy) is 1. The fourth-order valence-corrected chi connectivity index (χ4v) is 4.71. The van der Waals surface area contributed by atoms with Gasteiger partial charge in [0.15, 0.2) is 0 Å². The summed E-state index contributed by atoms with van der Waals surface area (Å²) < 4.78 is 17.4. The largest absolute Gasteiger partial charge is 0.497 e. The Morgan fingerprint density at radius 3 is 2.31 bits per heavy atom. The van der Waals surface area contributed by atoms with Gasteiger partial charge in [0.05, 0.1) is 18.9 Å². The van der Waals surface area contributed by atoms with Gasteiger partial charge in [0.25, 0.3) is 0 Å². The molecule has 2 aromatic heterocycles.